The molecule has 2 unspecified atom stereocenters. The van der Waals surface area contributed by atoms with Crippen LogP contribution in [0.1, 0.15) is 49.4 Å². The number of anilines is 1. The number of nitrogens with zero attached hydrogens (tertiary/aromatic N) is 3. The van der Waals surface area contributed by atoms with E-state index in [1.165, 1.54) is 38.5 Å². The number of imidazole rings is 1. The Morgan fingerprint density at radius 1 is 1.06 bits per heavy atom. The number of hydrogen-bond acceptors (Lipinski definition) is 5. The molecule has 31 heavy (non-hydrogen) atoms. The van der Waals surface area contributed by atoms with E-state index >= 15 is 0 Å². The summed E-state index contributed by atoms with van der Waals surface area (Å²) in [4.78, 5) is 13.7. The molecule has 2 aliphatic heterocycles. The molecular formula is C22H28F3N5O. The molecule has 0 bridgehead atoms. The van der Waals surface area contributed by atoms with Crippen molar-refractivity contribution in [2.45, 2.75) is 50.2 Å². The summed E-state index contributed by atoms with van der Waals surface area (Å²) in [6, 6.07) is 1.81. The van der Waals surface area contributed by atoms with Gasteiger partial charge in [-0.05, 0) is 37.2 Å². The highest BCUT2D eigenvalue weighted by molar-refractivity contribution is 5.61. The predicted octanol–water partition coefficient (Wildman–Crippen LogP) is 4.07. The minimum Gasteiger partial charge on any atom is -0.383 e. The maximum Gasteiger partial charge on any atom is 0.419 e. The number of aromatic nitrogens is 3. The molecule has 6 rings (SSSR count). The molecule has 0 radical (unpaired) electrons. The van der Waals surface area contributed by atoms with Crippen molar-refractivity contribution in [1.82, 2.24) is 19.9 Å². The molecule has 4 heterocycles. The molecule has 2 saturated carbocycles. The third-order valence-electron chi connectivity index (χ3n) is 7.02. The highest BCUT2D eigenvalue weighted by Crippen LogP contribution is 2.46. The quantitative estimate of drug-likeness (QED) is 0.760. The number of piperidine rings is 1. The van der Waals surface area contributed by atoms with E-state index in [0.717, 1.165) is 55.8 Å². The minimum absolute atomic E-state index is 0.341. The molecule has 0 spiro atoms. The Bertz CT molecular complexity index is 910. The van der Waals surface area contributed by atoms with E-state index < -0.39 is 17.6 Å². The molecular weight excluding hydrogens is 407 g/mol. The lowest BCUT2D eigenvalue weighted by molar-refractivity contribution is -0.137. The average molecular weight is 435 g/mol. The standard InChI is InChI=1S/C14H15F3N4.C8H13NO/c15-14(16,17)10-5-9(6-19-12(10)18)11-7-20-13(21-11)8-3-1-2-4-8;1-6-2-9(3-7(1)6)8-4-10-5-8/h5-8H,1-4H2,(H2,18,19)(H,20,21);6-8H,1-5H2. The van der Waals surface area contributed by atoms with Gasteiger partial charge in [-0.15, -0.1) is 0 Å². The first kappa shape index (κ1) is 20.8. The van der Waals surface area contributed by atoms with Crippen molar-refractivity contribution in [2.75, 3.05) is 32.0 Å². The highest BCUT2D eigenvalue weighted by atomic mass is 19.4. The molecule has 0 aromatic carbocycles. The number of nitrogen functional groups attached to an aromatic ring is 1. The summed E-state index contributed by atoms with van der Waals surface area (Å²) in [6.45, 7) is 4.75. The van der Waals surface area contributed by atoms with Crippen LogP contribution in [0.3, 0.4) is 0 Å². The van der Waals surface area contributed by atoms with E-state index in [9.17, 15) is 13.2 Å². The molecule has 6 nitrogen and oxygen atoms in total. The van der Waals surface area contributed by atoms with Crippen LogP contribution in [0, 0.1) is 11.8 Å². The topological polar surface area (TPSA) is 80.1 Å². The van der Waals surface area contributed by atoms with Gasteiger partial charge >= 0.3 is 6.18 Å². The fourth-order valence-corrected chi connectivity index (χ4v) is 4.91. The van der Waals surface area contributed by atoms with Crippen LogP contribution in [0.25, 0.3) is 11.3 Å². The first-order valence-electron chi connectivity index (χ1n) is 11.1. The molecule has 2 aliphatic carbocycles. The normalized spacial score (nSPS) is 26.3. The molecule has 3 N–H and O–H groups in total. The van der Waals surface area contributed by atoms with Gasteiger partial charge in [0.25, 0.3) is 0 Å². The first-order chi connectivity index (χ1) is 14.9. The fourth-order valence-electron chi connectivity index (χ4n) is 4.91. The van der Waals surface area contributed by atoms with Gasteiger partial charge in [-0.2, -0.15) is 13.2 Å². The molecule has 2 aromatic heterocycles. The number of hydrogen-bond donors (Lipinski definition) is 2. The smallest absolute Gasteiger partial charge is 0.383 e. The SMILES string of the molecule is C1C2CN(C3COC3)CC12.Nc1ncc(-c2cnc(C3CCCC3)[nH]2)cc1C(F)(F)F. The first-order valence-corrected chi connectivity index (χ1v) is 11.1. The van der Waals surface area contributed by atoms with E-state index in [2.05, 4.69) is 19.9 Å². The number of nitrogens with two attached hydrogens (primary N) is 1. The summed E-state index contributed by atoms with van der Waals surface area (Å²) in [7, 11) is 0. The number of pyridine rings is 1. The van der Waals surface area contributed by atoms with Crippen molar-refractivity contribution in [3.63, 3.8) is 0 Å². The number of H-pyrrole nitrogens is 1. The maximum atomic E-state index is 12.8. The van der Waals surface area contributed by atoms with Gasteiger partial charge in [-0.1, -0.05) is 12.8 Å². The van der Waals surface area contributed by atoms with Crippen molar-refractivity contribution in [2.24, 2.45) is 11.8 Å². The number of rotatable bonds is 3. The summed E-state index contributed by atoms with van der Waals surface area (Å²) in [5, 5.41) is 0. The van der Waals surface area contributed by atoms with Gasteiger partial charge in [0.1, 0.15) is 11.6 Å². The molecule has 4 aliphatic rings. The molecule has 2 aromatic rings. The van der Waals surface area contributed by atoms with E-state index in [-0.39, 0.29) is 0 Å². The molecule has 2 saturated heterocycles. The minimum atomic E-state index is -4.51. The second-order valence-corrected chi connectivity index (χ2v) is 9.22. The van der Waals surface area contributed by atoms with Crippen molar-refractivity contribution in [1.29, 1.82) is 0 Å². The van der Waals surface area contributed by atoms with Gasteiger partial charge in [0, 0.05) is 30.8 Å². The number of nitrogens with one attached hydrogen (secondary N) is 1. The van der Waals surface area contributed by atoms with Gasteiger partial charge in [0.15, 0.2) is 0 Å². The number of ether oxygens (including phenoxy) is 1. The van der Waals surface area contributed by atoms with E-state index in [1.807, 2.05) is 0 Å². The van der Waals surface area contributed by atoms with Crippen LogP contribution in [0.5, 0.6) is 0 Å². The number of aromatic amines is 1. The van der Waals surface area contributed by atoms with Crippen LogP contribution < -0.4 is 5.73 Å². The molecule has 2 atom stereocenters. The van der Waals surface area contributed by atoms with Crippen LogP contribution in [-0.4, -0.2) is 52.2 Å². The zero-order chi connectivity index (χ0) is 21.6. The molecule has 4 fully saturated rings. The second-order valence-electron chi connectivity index (χ2n) is 9.22. The summed E-state index contributed by atoms with van der Waals surface area (Å²) in [5.74, 6) is 2.87. The lowest BCUT2D eigenvalue weighted by atomic mass is 10.1. The molecule has 0 amide bonds. The van der Waals surface area contributed by atoms with E-state index in [1.54, 1.807) is 6.20 Å². The van der Waals surface area contributed by atoms with Crippen molar-refractivity contribution in [3.8, 4) is 11.3 Å². The summed E-state index contributed by atoms with van der Waals surface area (Å²) >= 11 is 0. The van der Waals surface area contributed by atoms with Gasteiger partial charge in [-0.25, -0.2) is 9.97 Å². The highest BCUT2D eigenvalue weighted by Gasteiger charge is 2.47. The van der Waals surface area contributed by atoms with Crippen LogP contribution in [0.2, 0.25) is 0 Å². The van der Waals surface area contributed by atoms with Crippen LogP contribution in [0.4, 0.5) is 19.0 Å². The van der Waals surface area contributed by atoms with Crippen molar-refractivity contribution < 1.29 is 17.9 Å². The van der Waals surface area contributed by atoms with Gasteiger partial charge in [0.2, 0.25) is 0 Å². The van der Waals surface area contributed by atoms with E-state index in [0.29, 0.717) is 17.2 Å². The fraction of sp³-hybridized carbons (Fsp3) is 0.636. The van der Waals surface area contributed by atoms with Crippen LogP contribution in [0.15, 0.2) is 18.5 Å². The second kappa shape index (κ2) is 8.09. The van der Waals surface area contributed by atoms with Gasteiger partial charge < -0.3 is 15.5 Å². The lowest BCUT2D eigenvalue weighted by Gasteiger charge is -2.35. The maximum absolute atomic E-state index is 12.8. The van der Waals surface area contributed by atoms with E-state index in [4.69, 9.17) is 10.5 Å². The summed E-state index contributed by atoms with van der Waals surface area (Å²) in [5.41, 5.74) is 5.26. The Balaban J connectivity index is 0.000000167. The summed E-state index contributed by atoms with van der Waals surface area (Å²) in [6.07, 6.45) is 4.37. The average Bonchev–Trinajstić information content (AvgIpc) is 3.16. The van der Waals surface area contributed by atoms with Crippen LogP contribution >= 0.6 is 0 Å². The number of likely N-dealkylation sites (tertiary alicyclic amines) is 1. The van der Waals surface area contributed by atoms with Crippen molar-refractivity contribution >= 4 is 5.82 Å². The van der Waals surface area contributed by atoms with Gasteiger partial charge in [-0.3, -0.25) is 4.90 Å². The zero-order valence-electron chi connectivity index (χ0n) is 17.4. The van der Waals surface area contributed by atoms with Crippen LogP contribution in [-0.2, 0) is 10.9 Å². The number of fused-ring (bicyclic) bond motifs is 1. The molecule has 168 valence electrons. The zero-order valence-corrected chi connectivity index (χ0v) is 17.4. The summed E-state index contributed by atoms with van der Waals surface area (Å²) < 4.78 is 43.7. The Labute approximate surface area is 179 Å². The number of halogens is 3. The van der Waals surface area contributed by atoms with Crippen molar-refractivity contribution in [3.05, 3.63) is 29.8 Å². The lowest BCUT2D eigenvalue weighted by Crippen LogP contribution is -2.48. The Hall–Kier alpha value is -2.13. The largest absolute Gasteiger partial charge is 0.419 e. The Morgan fingerprint density at radius 3 is 2.39 bits per heavy atom. The Kier molecular flexibility index (Phi) is 5.42. The third kappa shape index (κ3) is 4.43. The van der Waals surface area contributed by atoms with Gasteiger partial charge in [0.05, 0.1) is 36.7 Å². The predicted molar refractivity (Wildman–Crippen MR) is 110 cm³/mol. The monoisotopic (exact) mass is 435 g/mol. The molecule has 9 heteroatoms. The number of alkyl halides is 3. The Morgan fingerprint density at radius 2 is 1.77 bits per heavy atom. The third-order valence-corrected chi connectivity index (χ3v) is 7.02.